The van der Waals surface area contributed by atoms with Crippen LogP contribution in [0, 0.1) is 13.8 Å². The monoisotopic (exact) mass is 427 g/mol. The van der Waals surface area contributed by atoms with E-state index in [1.54, 1.807) is 6.07 Å². The molecule has 2 aromatic rings. The zero-order valence-electron chi connectivity index (χ0n) is 14.5. The van der Waals surface area contributed by atoms with Crippen LogP contribution in [0.2, 0.25) is 0 Å². The third-order valence-corrected chi connectivity index (χ3v) is 5.43. The van der Waals surface area contributed by atoms with Gasteiger partial charge >= 0.3 is 12.4 Å². The van der Waals surface area contributed by atoms with Gasteiger partial charge in [0.15, 0.2) is 0 Å². The van der Waals surface area contributed by atoms with E-state index in [9.17, 15) is 39.9 Å². The van der Waals surface area contributed by atoms with Gasteiger partial charge in [0, 0.05) is 5.56 Å². The summed E-state index contributed by atoms with van der Waals surface area (Å²) in [6.07, 6.45) is -12.1. The van der Waals surface area contributed by atoms with Crippen molar-refractivity contribution in [3.63, 3.8) is 0 Å². The van der Waals surface area contributed by atoms with Crippen LogP contribution in [-0.4, -0.2) is 25.9 Å². The third kappa shape index (κ3) is 3.81. The molecule has 0 bridgehead atoms. The number of aliphatic hydroxyl groups is 1. The predicted molar refractivity (Wildman–Crippen MR) is 89.2 cm³/mol. The Labute approximate surface area is 156 Å². The second kappa shape index (κ2) is 6.96. The topological polar surface area (TPSA) is 66.4 Å². The number of alkyl halides is 6. The van der Waals surface area contributed by atoms with Crippen LogP contribution in [0.5, 0.6) is 0 Å². The Balaban J connectivity index is 2.57. The summed E-state index contributed by atoms with van der Waals surface area (Å²) in [6, 6.07) is 7.92. The SMILES string of the molecule is Cc1cc(C(O)(C(F)(F)F)C(F)(F)F)cc(C)c1NS(=O)(=O)c1ccccc1. The van der Waals surface area contributed by atoms with Crippen molar-refractivity contribution in [1.29, 1.82) is 0 Å². The standard InChI is InChI=1S/C17H15F6NO3S/c1-10-8-12(15(25,16(18,19)20)17(21,22)23)9-11(2)14(10)24-28(26,27)13-6-4-3-5-7-13/h3-9,24-25H,1-2H3. The van der Waals surface area contributed by atoms with Gasteiger partial charge in [-0.05, 0) is 37.1 Å². The first-order chi connectivity index (χ1) is 12.6. The maximum absolute atomic E-state index is 13.1. The van der Waals surface area contributed by atoms with Gasteiger partial charge in [0.2, 0.25) is 0 Å². The molecule has 0 saturated carbocycles. The van der Waals surface area contributed by atoms with E-state index in [4.69, 9.17) is 0 Å². The zero-order chi connectivity index (χ0) is 21.5. The molecule has 0 aromatic heterocycles. The largest absolute Gasteiger partial charge is 0.430 e. The molecule has 0 unspecified atom stereocenters. The van der Waals surface area contributed by atoms with Gasteiger partial charge in [0.25, 0.3) is 15.6 Å². The average molecular weight is 427 g/mol. The minimum Gasteiger partial charge on any atom is -0.369 e. The molecule has 0 saturated heterocycles. The van der Waals surface area contributed by atoms with Crippen LogP contribution < -0.4 is 4.72 Å². The van der Waals surface area contributed by atoms with Crippen molar-refractivity contribution in [3.8, 4) is 0 Å². The molecule has 0 radical (unpaired) electrons. The lowest BCUT2D eigenvalue weighted by atomic mass is 9.89. The Morgan fingerprint density at radius 3 is 1.68 bits per heavy atom. The van der Waals surface area contributed by atoms with E-state index < -0.39 is 33.5 Å². The summed E-state index contributed by atoms with van der Waals surface area (Å²) in [5, 5.41) is 9.52. The molecule has 0 amide bonds. The summed E-state index contributed by atoms with van der Waals surface area (Å²) < 4.78 is 105. The van der Waals surface area contributed by atoms with Gasteiger partial charge in [-0.2, -0.15) is 26.3 Å². The number of nitrogens with one attached hydrogen (secondary N) is 1. The number of benzene rings is 2. The Morgan fingerprint density at radius 1 is 0.857 bits per heavy atom. The molecule has 0 fully saturated rings. The fourth-order valence-electron chi connectivity index (χ4n) is 2.61. The predicted octanol–water partition coefficient (Wildman–Crippen LogP) is 4.42. The molecule has 0 spiro atoms. The molecule has 0 atom stereocenters. The third-order valence-electron chi connectivity index (χ3n) is 4.06. The Kier molecular flexibility index (Phi) is 5.47. The molecule has 0 aliphatic carbocycles. The van der Waals surface area contributed by atoms with E-state index in [0.717, 1.165) is 13.8 Å². The molecule has 2 rings (SSSR count). The van der Waals surface area contributed by atoms with Crippen LogP contribution in [0.4, 0.5) is 32.0 Å². The van der Waals surface area contributed by atoms with Crippen molar-refractivity contribution >= 4 is 15.7 Å². The van der Waals surface area contributed by atoms with Crippen molar-refractivity contribution in [1.82, 2.24) is 0 Å². The number of anilines is 1. The summed E-state index contributed by atoms with van der Waals surface area (Å²) in [7, 11) is -4.12. The van der Waals surface area contributed by atoms with E-state index in [1.807, 2.05) is 0 Å². The molecule has 0 aliphatic rings. The van der Waals surface area contributed by atoms with Crippen molar-refractivity contribution in [2.45, 2.75) is 36.7 Å². The van der Waals surface area contributed by atoms with Gasteiger partial charge in [0.1, 0.15) is 0 Å². The van der Waals surface area contributed by atoms with Gasteiger partial charge in [-0.15, -0.1) is 0 Å². The molecule has 11 heteroatoms. The minimum absolute atomic E-state index is 0.139. The molecule has 2 N–H and O–H groups in total. The lowest BCUT2D eigenvalue weighted by Crippen LogP contribution is -2.54. The number of aryl methyl sites for hydroxylation is 2. The second-order valence-corrected chi connectivity index (χ2v) is 7.79. The fourth-order valence-corrected chi connectivity index (χ4v) is 3.84. The molecular formula is C17H15F6NO3S. The maximum Gasteiger partial charge on any atom is 0.430 e. The lowest BCUT2D eigenvalue weighted by Gasteiger charge is -2.33. The summed E-state index contributed by atoms with van der Waals surface area (Å²) in [6.45, 7) is 2.26. The zero-order valence-corrected chi connectivity index (χ0v) is 15.3. The smallest absolute Gasteiger partial charge is 0.369 e. The molecular weight excluding hydrogens is 412 g/mol. The Hall–Kier alpha value is -2.27. The van der Waals surface area contributed by atoms with Gasteiger partial charge in [-0.3, -0.25) is 4.72 Å². The highest BCUT2D eigenvalue weighted by atomic mass is 32.2. The first-order valence-electron chi connectivity index (χ1n) is 7.66. The number of rotatable bonds is 4. The highest BCUT2D eigenvalue weighted by molar-refractivity contribution is 7.92. The van der Waals surface area contributed by atoms with E-state index in [2.05, 4.69) is 4.72 Å². The van der Waals surface area contributed by atoms with Crippen LogP contribution >= 0.6 is 0 Å². The first kappa shape index (κ1) is 22.0. The van der Waals surface area contributed by atoms with Crippen LogP contribution in [0.3, 0.4) is 0 Å². The van der Waals surface area contributed by atoms with Crippen molar-refractivity contribution in [2.24, 2.45) is 0 Å². The minimum atomic E-state index is -6.03. The molecule has 2 aromatic carbocycles. The van der Waals surface area contributed by atoms with Crippen molar-refractivity contribution in [2.75, 3.05) is 4.72 Å². The van der Waals surface area contributed by atoms with Crippen LogP contribution in [0.15, 0.2) is 47.4 Å². The summed E-state index contributed by atoms with van der Waals surface area (Å²) in [5.41, 5.74) is -7.17. The first-order valence-corrected chi connectivity index (χ1v) is 9.15. The van der Waals surface area contributed by atoms with E-state index >= 15 is 0 Å². The van der Waals surface area contributed by atoms with Crippen LogP contribution in [0.1, 0.15) is 16.7 Å². The van der Waals surface area contributed by atoms with Crippen molar-refractivity contribution in [3.05, 3.63) is 59.2 Å². The average Bonchev–Trinajstić information content (AvgIpc) is 2.56. The molecule has 4 nitrogen and oxygen atoms in total. The summed E-state index contributed by atoms with van der Waals surface area (Å²) in [5.74, 6) is 0. The van der Waals surface area contributed by atoms with Gasteiger partial charge < -0.3 is 5.11 Å². The van der Waals surface area contributed by atoms with Gasteiger partial charge in [-0.25, -0.2) is 8.42 Å². The number of halogens is 6. The normalized spacial score (nSPS) is 13.5. The van der Waals surface area contributed by atoms with E-state index in [-0.39, 0.29) is 21.7 Å². The summed E-state index contributed by atoms with van der Waals surface area (Å²) >= 11 is 0. The molecule has 0 heterocycles. The molecule has 28 heavy (non-hydrogen) atoms. The van der Waals surface area contributed by atoms with Crippen LogP contribution in [0.25, 0.3) is 0 Å². The quantitative estimate of drug-likeness (QED) is 0.711. The highest BCUT2D eigenvalue weighted by Crippen LogP contribution is 2.50. The Bertz CT molecular complexity index is 932. The number of hydrogen-bond acceptors (Lipinski definition) is 3. The molecule has 0 aliphatic heterocycles. The number of sulfonamides is 1. The van der Waals surface area contributed by atoms with E-state index in [0.29, 0.717) is 12.1 Å². The lowest BCUT2D eigenvalue weighted by molar-refractivity contribution is -0.376. The maximum atomic E-state index is 13.1. The highest BCUT2D eigenvalue weighted by Gasteiger charge is 2.71. The fraction of sp³-hybridized carbons (Fsp3) is 0.294. The van der Waals surface area contributed by atoms with Gasteiger partial charge in [-0.1, -0.05) is 30.3 Å². The van der Waals surface area contributed by atoms with E-state index in [1.165, 1.54) is 24.3 Å². The molecule has 154 valence electrons. The number of hydrogen-bond donors (Lipinski definition) is 2. The van der Waals surface area contributed by atoms with Crippen LogP contribution in [-0.2, 0) is 15.6 Å². The Morgan fingerprint density at radius 2 is 1.29 bits per heavy atom. The van der Waals surface area contributed by atoms with Gasteiger partial charge in [0.05, 0.1) is 10.6 Å². The second-order valence-electron chi connectivity index (χ2n) is 6.11. The van der Waals surface area contributed by atoms with Crippen molar-refractivity contribution < 1.29 is 39.9 Å². The summed E-state index contributed by atoms with van der Waals surface area (Å²) in [4.78, 5) is -0.139.